The van der Waals surface area contributed by atoms with E-state index in [9.17, 15) is 9.18 Å². The number of aryl methyl sites for hydroxylation is 1. The lowest BCUT2D eigenvalue weighted by atomic mass is 10.1. The number of anilines is 1. The minimum atomic E-state index is -0.657. The lowest BCUT2D eigenvalue weighted by Gasteiger charge is -2.02. The molecule has 1 amide bonds. The Labute approximate surface area is 154 Å². The number of rotatable bonds is 3. The zero-order valence-corrected chi connectivity index (χ0v) is 15.2. The van der Waals surface area contributed by atoms with E-state index in [1.54, 1.807) is 25.6 Å². The number of hydrogen-bond donors (Lipinski definition) is 2. The molecular formula is C18H16FN5OS. The van der Waals surface area contributed by atoms with Crippen molar-refractivity contribution >= 4 is 34.6 Å². The number of aromatic nitrogens is 3. The molecule has 0 saturated heterocycles. The summed E-state index contributed by atoms with van der Waals surface area (Å²) in [7, 11) is 1.66. The lowest BCUT2D eigenvalue weighted by Crippen LogP contribution is -2.14. The number of pyridine rings is 1. The number of benzene rings is 1. The average molecular weight is 369 g/mol. The van der Waals surface area contributed by atoms with Gasteiger partial charge in [0.15, 0.2) is 11.5 Å². The molecule has 0 aliphatic heterocycles. The Bertz CT molecular complexity index is 1080. The second-order valence-electron chi connectivity index (χ2n) is 5.53. The van der Waals surface area contributed by atoms with Crippen LogP contribution in [0.2, 0.25) is 0 Å². The van der Waals surface area contributed by atoms with Crippen molar-refractivity contribution in [3.05, 3.63) is 52.6 Å². The molecule has 2 aromatic heterocycles. The molecule has 0 aliphatic rings. The van der Waals surface area contributed by atoms with Crippen molar-refractivity contribution in [1.29, 1.82) is 0 Å². The fourth-order valence-corrected chi connectivity index (χ4v) is 3.08. The van der Waals surface area contributed by atoms with Crippen molar-refractivity contribution in [2.45, 2.75) is 6.92 Å². The number of nitrogens with one attached hydrogen (secondary N) is 1. The quantitative estimate of drug-likeness (QED) is 0.693. The van der Waals surface area contributed by atoms with E-state index in [1.165, 1.54) is 22.1 Å². The first-order valence-electron chi connectivity index (χ1n) is 7.67. The third-order valence-electron chi connectivity index (χ3n) is 3.73. The molecule has 3 rings (SSSR count). The van der Waals surface area contributed by atoms with Crippen LogP contribution in [-0.4, -0.2) is 33.4 Å². The van der Waals surface area contributed by atoms with Crippen LogP contribution >= 0.6 is 11.9 Å². The molecular weight excluding hydrogens is 353 g/mol. The highest BCUT2D eigenvalue weighted by Crippen LogP contribution is 2.23. The van der Waals surface area contributed by atoms with Crippen LogP contribution in [0.1, 0.15) is 27.2 Å². The van der Waals surface area contributed by atoms with Crippen molar-refractivity contribution in [1.82, 2.24) is 14.2 Å². The number of nitrogens with zero attached hydrogens (tertiary/aromatic N) is 3. The number of carbonyl (C=O) groups is 1. The summed E-state index contributed by atoms with van der Waals surface area (Å²) in [6.07, 6.45) is 3.51. The van der Waals surface area contributed by atoms with Crippen LogP contribution < -0.4 is 11.1 Å². The molecule has 0 radical (unpaired) electrons. The number of carbonyl (C=O) groups excluding carboxylic acids is 1. The van der Waals surface area contributed by atoms with E-state index in [0.29, 0.717) is 16.7 Å². The Morgan fingerprint density at radius 2 is 2.12 bits per heavy atom. The van der Waals surface area contributed by atoms with E-state index in [4.69, 9.17) is 5.73 Å². The normalized spacial score (nSPS) is 10.5. The van der Waals surface area contributed by atoms with E-state index in [2.05, 4.69) is 27.2 Å². The highest BCUT2D eigenvalue weighted by molar-refractivity contribution is 7.97. The summed E-state index contributed by atoms with van der Waals surface area (Å²) in [5.74, 6) is 4.82. The molecule has 26 heavy (non-hydrogen) atoms. The lowest BCUT2D eigenvalue weighted by molar-refractivity contribution is 0.100. The van der Waals surface area contributed by atoms with Gasteiger partial charge in [-0.3, -0.25) is 9.78 Å². The summed E-state index contributed by atoms with van der Waals surface area (Å²) < 4.78 is 15.9. The molecule has 8 heteroatoms. The first-order valence-corrected chi connectivity index (χ1v) is 8.85. The van der Waals surface area contributed by atoms with Gasteiger partial charge in [0.25, 0.3) is 5.91 Å². The van der Waals surface area contributed by atoms with Gasteiger partial charge >= 0.3 is 0 Å². The highest BCUT2D eigenvalue weighted by Gasteiger charge is 2.20. The Morgan fingerprint density at radius 1 is 1.35 bits per heavy atom. The molecule has 0 fully saturated rings. The van der Waals surface area contributed by atoms with Gasteiger partial charge in [0, 0.05) is 24.9 Å². The van der Waals surface area contributed by atoms with Crippen LogP contribution in [0.15, 0.2) is 24.4 Å². The second-order valence-corrected chi connectivity index (χ2v) is 6.24. The van der Waals surface area contributed by atoms with E-state index >= 15 is 0 Å². The zero-order valence-electron chi connectivity index (χ0n) is 14.4. The topological polar surface area (TPSA) is 85.8 Å². The smallest absolute Gasteiger partial charge is 0.255 e. The first-order chi connectivity index (χ1) is 12.4. The molecule has 0 saturated carbocycles. The molecule has 132 valence electrons. The van der Waals surface area contributed by atoms with Crippen molar-refractivity contribution < 1.29 is 9.18 Å². The summed E-state index contributed by atoms with van der Waals surface area (Å²) in [5, 5.41) is 7.83. The predicted molar refractivity (Wildman–Crippen MR) is 102 cm³/mol. The summed E-state index contributed by atoms with van der Waals surface area (Å²) in [6, 6.07) is 4.83. The molecule has 3 aromatic rings. The number of hydrogen-bond acceptors (Lipinski definition) is 5. The minimum absolute atomic E-state index is 0.171. The number of halogens is 1. The SMILES string of the molecule is CNc1c(C(N)=O)c(C#Cc2cc3ncc(C)cc3cc2F)nn1SC. The number of amides is 1. The van der Waals surface area contributed by atoms with Gasteiger partial charge in [-0.15, -0.1) is 0 Å². The van der Waals surface area contributed by atoms with Gasteiger partial charge in [-0.05, 0) is 48.6 Å². The van der Waals surface area contributed by atoms with Crippen molar-refractivity contribution in [3.63, 3.8) is 0 Å². The van der Waals surface area contributed by atoms with Gasteiger partial charge in [-0.1, -0.05) is 5.92 Å². The van der Waals surface area contributed by atoms with Crippen LogP contribution in [0.5, 0.6) is 0 Å². The molecule has 0 atom stereocenters. The molecule has 1 aromatic carbocycles. The van der Waals surface area contributed by atoms with Gasteiger partial charge in [-0.2, -0.15) is 9.19 Å². The average Bonchev–Trinajstić information content (AvgIpc) is 2.97. The molecule has 0 unspecified atom stereocenters. The van der Waals surface area contributed by atoms with E-state index in [0.717, 1.165) is 5.56 Å². The Kier molecular flexibility index (Phi) is 4.82. The Morgan fingerprint density at radius 3 is 2.77 bits per heavy atom. The third kappa shape index (κ3) is 3.21. The first kappa shape index (κ1) is 17.8. The van der Waals surface area contributed by atoms with Crippen molar-refractivity contribution in [3.8, 4) is 11.8 Å². The summed E-state index contributed by atoms with van der Waals surface area (Å²) in [5.41, 5.74) is 7.58. The highest BCUT2D eigenvalue weighted by atomic mass is 32.2. The Balaban J connectivity index is 2.11. The van der Waals surface area contributed by atoms with E-state index in [-0.39, 0.29) is 16.8 Å². The fourth-order valence-electron chi connectivity index (χ4n) is 2.55. The minimum Gasteiger partial charge on any atom is -0.372 e. The maximum Gasteiger partial charge on any atom is 0.255 e. The molecule has 0 spiro atoms. The fraction of sp³-hybridized carbons (Fsp3) is 0.167. The van der Waals surface area contributed by atoms with Crippen molar-refractivity contribution in [2.75, 3.05) is 18.6 Å². The third-order valence-corrected chi connectivity index (χ3v) is 4.34. The molecule has 3 N–H and O–H groups in total. The maximum absolute atomic E-state index is 14.4. The Hall–Kier alpha value is -3.05. The van der Waals surface area contributed by atoms with Crippen LogP contribution in [-0.2, 0) is 0 Å². The second kappa shape index (κ2) is 7.06. The van der Waals surface area contributed by atoms with Gasteiger partial charge in [-0.25, -0.2) is 4.39 Å². The summed E-state index contributed by atoms with van der Waals surface area (Å²) in [4.78, 5) is 16.1. The van der Waals surface area contributed by atoms with Gasteiger partial charge in [0.05, 0.1) is 11.1 Å². The van der Waals surface area contributed by atoms with Crippen LogP contribution in [0.3, 0.4) is 0 Å². The molecule has 0 aliphatic carbocycles. The standard InChI is InChI=1S/C18H16FN5OS/c1-10-6-12-7-13(19)11(8-15(12)22-9-10)4-5-14-16(17(20)25)18(21-2)24(23-14)26-3/h6-9,21H,1-3H3,(H2,20,25). The van der Waals surface area contributed by atoms with E-state index < -0.39 is 11.7 Å². The largest absolute Gasteiger partial charge is 0.372 e. The molecule has 6 nitrogen and oxygen atoms in total. The van der Waals surface area contributed by atoms with Crippen LogP contribution in [0.4, 0.5) is 10.2 Å². The number of fused-ring (bicyclic) bond motifs is 1. The summed E-state index contributed by atoms with van der Waals surface area (Å²) >= 11 is 1.28. The van der Waals surface area contributed by atoms with Crippen LogP contribution in [0.25, 0.3) is 10.9 Å². The van der Waals surface area contributed by atoms with Gasteiger partial charge in [0.2, 0.25) is 0 Å². The van der Waals surface area contributed by atoms with Crippen molar-refractivity contribution in [2.24, 2.45) is 5.73 Å². The number of nitrogens with two attached hydrogens (primary N) is 1. The van der Waals surface area contributed by atoms with E-state index in [1.807, 2.05) is 13.0 Å². The zero-order chi connectivity index (χ0) is 18.8. The van der Waals surface area contributed by atoms with Crippen LogP contribution in [0, 0.1) is 24.6 Å². The van der Waals surface area contributed by atoms with Gasteiger partial charge in [0.1, 0.15) is 11.4 Å². The monoisotopic (exact) mass is 369 g/mol. The molecule has 2 heterocycles. The number of primary amides is 1. The predicted octanol–water partition coefficient (Wildman–Crippen LogP) is 2.55. The summed E-state index contributed by atoms with van der Waals surface area (Å²) in [6.45, 7) is 1.89. The molecule has 0 bridgehead atoms. The maximum atomic E-state index is 14.4. The van der Waals surface area contributed by atoms with Gasteiger partial charge < -0.3 is 11.1 Å².